The first-order valence-electron chi connectivity index (χ1n) is 6.78. The van der Waals surface area contributed by atoms with E-state index in [1.54, 1.807) is 13.1 Å². The molecule has 0 saturated heterocycles. The number of likely N-dealkylation sites (N-methyl/N-ethyl adjacent to an activating group) is 1. The second-order valence-corrected chi connectivity index (χ2v) is 4.51. The summed E-state index contributed by atoms with van der Waals surface area (Å²) in [7, 11) is 2.99. The first-order chi connectivity index (χ1) is 8.61. The molecular formula is C14H27NO3. The highest BCUT2D eigenvalue weighted by atomic mass is 16.7. The van der Waals surface area contributed by atoms with E-state index < -0.39 is 0 Å². The lowest BCUT2D eigenvalue weighted by atomic mass is 10.1. The fraction of sp³-hybridized carbons (Fsp3) is 0.786. The third-order valence-corrected chi connectivity index (χ3v) is 2.89. The Labute approximate surface area is 111 Å². The van der Waals surface area contributed by atoms with Crippen LogP contribution in [-0.2, 0) is 9.63 Å². The van der Waals surface area contributed by atoms with Gasteiger partial charge in [-0.2, -0.15) is 0 Å². The zero-order valence-corrected chi connectivity index (χ0v) is 11.9. The summed E-state index contributed by atoms with van der Waals surface area (Å²) in [5.41, 5.74) is 0. The zero-order chi connectivity index (χ0) is 13.8. The average Bonchev–Trinajstić information content (AvgIpc) is 2.37. The lowest BCUT2D eigenvalue weighted by Crippen LogP contribution is -2.23. The fourth-order valence-corrected chi connectivity index (χ4v) is 1.62. The molecule has 1 N–H and O–H groups in total. The third kappa shape index (κ3) is 9.19. The minimum absolute atomic E-state index is 0.215. The number of hydroxylamine groups is 2. The van der Waals surface area contributed by atoms with Crippen molar-refractivity contribution >= 4 is 5.91 Å². The molecule has 106 valence electrons. The van der Waals surface area contributed by atoms with Gasteiger partial charge in [0.1, 0.15) is 0 Å². The SMILES string of the molecule is CCCCCCC[C@@H](O)C/C=C/C(=O)N(C)OC. The second kappa shape index (κ2) is 11.2. The summed E-state index contributed by atoms with van der Waals surface area (Å²) in [6, 6.07) is 0. The average molecular weight is 257 g/mol. The van der Waals surface area contributed by atoms with E-state index in [9.17, 15) is 9.90 Å². The molecule has 0 saturated carbocycles. The lowest BCUT2D eigenvalue weighted by Gasteiger charge is -2.10. The van der Waals surface area contributed by atoms with E-state index in [0.29, 0.717) is 6.42 Å². The van der Waals surface area contributed by atoms with Gasteiger partial charge in [-0.3, -0.25) is 9.63 Å². The summed E-state index contributed by atoms with van der Waals surface area (Å²) >= 11 is 0. The van der Waals surface area contributed by atoms with Crippen LogP contribution in [0, 0.1) is 0 Å². The quantitative estimate of drug-likeness (QED) is 0.372. The molecule has 0 aromatic carbocycles. The summed E-state index contributed by atoms with van der Waals surface area (Å²) in [5, 5.41) is 10.9. The Balaban J connectivity index is 3.60. The number of carbonyl (C=O) groups is 1. The molecule has 0 fully saturated rings. The monoisotopic (exact) mass is 257 g/mol. The maximum absolute atomic E-state index is 11.3. The number of aliphatic hydroxyl groups excluding tert-OH is 1. The van der Waals surface area contributed by atoms with Gasteiger partial charge < -0.3 is 5.11 Å². The smallest absolute Gasteiger partial charge is 0.269 e. The number of rotatable bonds is 10. The molecule has 0 heterocycles. The van der Waals surface area contributed by atoms with Crippen LogP contribution in [0.2, 0.25) is 0 Å². The van der Waals surface area contributed by atoms with Crippen molar-refractivity contribution in [3.05, 3.63) is 12.2 Å². The van der Waals surface area contributed by atoms with Crippen LogP contribution in [0.5, 0.6) is 0 Å². The number of nitrogens with zero attached hydrogens (tertiary/aromatic N) is 1. The van der Waals surface area contributed by atoms with Crippen molar-refractivity contribution < 1.29 is 14.7 Å². The highest BCUT2D eigenvalue weighted by molar-refractivity contribution is 5.86. The molecule has 0 aliphatic heterocycles. The predicted octanol–water partition coefficient (Wildman–Crippen LogP) is 2.67. The van der Waals surface area contributed by atoms with E-state index in [4.69, 9.17) is 4.84 Å². The largest absolute Gasteiger partial charge is 0.393 e. The molecule has 0 spiro atoms. The molecule has 4 heteroatoms. The summed E-state index contributed by atoms with van der Waals surface area (Å²) in [6.45, 7) is 2.19. The Hall–Kier alpha value is -0.870. The summed E-state index contributed by atoms with van der Waals surface area (Å²) in [4.78, 5) is 16.1. The van der Waals surface area contributed by atoms with Crippen molar-refractivity contribution in [3.8, 4) is 0 Å². The summed E-state index contributed by atoms with van der Waals surface area (Å²) in [5.74, 6) is -0.215. The van der Waals surface area contributed by atoms with Gasteiger partial charge in [-0.25, -0.2) is 5.06 Å². The van der Waals surface area contributed by atoms with Crippen LogP contribution in [0.15, 0.2) is 12.2 Å². The highest BCUT2D eigenvalue weighted by Gasteiger charge is 2.04. The molecule has 18 heavy (non-hydrogen) atoms. The molecule has 0 aromatic rings. The van der Waals surface area contributed by atoms with Crippen molar-refractivity contribution in [2.24, 2.45) is 0 Å². The molecular weight excluding hydrogens is 230 g/mol. The Kier molecular flexibility index (Phi) is 10.7. The van der Waals surface area contributed by atoms with Gasteiger partial charge in [-0.1, -0.05) is 45.1 Å². The maximum atomic E-state index is 11.3. The summed E-state index contributed by atoms with van der Waals surface area (Å²) < 4.78 is 0. The Bertz CT molecular complexity index is 241. The van der Waals surface area contributed by atoms with Crippen molar-refractivity contribution in [2.75, 3.05) is 14.2 Å². The van der Waals surface area contributed by atoms with Crippen LogP contribution in [0.4, 0.5) is 0 Å². The van der Waals surface area contributed by atoms with Crippen molar-refractivity contribution in [1.82, 2.24) is 5.06 Å². The molecule has 1 atom stereocenters. The Morgan fingerprint density at radius 3 is 2.61 bits per heavy atom. The van der Waals surface area contributed by atoms with Gasteiger partial charge in [-0.05, 0) is 12.8 Å². The topological polar surface area (TPSA) is 49.8 Å². The molecule has 0 unspecified atom stereocenters. The van der Waals surface area contributed by atoms with Crippen molar-refractivity contribution in [2.45, 2.75) is 58.0 Å². The first-order valence-corrected chi connectivity index (χ1v) is 6.78. The second-order valence-electron chi connectivity index (χ2n) is 4.51. The van der Waals surface area contributed by atoms with Gasteiger partial charge in [0, 0.05) is 13.1 Å². The van der Waals surface area contributed by atoms with E-state index >= 15 is 0 Å². The van der Waals surface area contributed by atoms with Crippen LogP contribution in [-0.4, -0.2) is 36.3 Å². The highest BCUT2D eigenvalue weighted by Crippen LogP contribution is 2.09. The molecule has 1 amide bonds. The standard InChI is InChI=1S/C14H27NO3/c1-4-5-6-7-8-10-13(16)11-9-12-14(17)15(2)18-3/h9,12-13,16H,4-8,10-11H2,1-3H3/b12-9+/t13-/m1/s1. The number of hydrogen-bond donors (Lipinski definition) is 1. The van der Waals surface area contributed by atoms with Gasteiger partial charge in [0.2, 0.25) is 0 Å². The first kappa shape index (κ1) is 17.1. The zero-order valence-electron chi connectivity index (χ0n) is 11.9. The van der Waals surface area contributed by atoms with Crippen LogP contribution in [0.3, 0.4) is 0 Å². The summed E-state index contributed by atoms with van der Waals surface area (Å²) in [6.07, 6.45) is 10.1. The van der Waals surface area contributed by atoms with E-state index in [2.05, 4.69) is 6.92 Å². The van der Waals surface area contributed by atoms with Gasteiger partial charge in [0.25, 0.3) is 5.91 Å². The molecule has 0 aromatic heterocycles. The van der Waals surface area contributed by atoms with Crippen LogP contribution in [0.1, 0.15) is 51.9 Å². The van der Waals surface area contributed by atoms with Gasteiger partial charge in [-0.15, -0.1) is 0 Å². The van der Waals surface area contributed by atoms with E-state index in [1.807, 2.05) is 0 Å². The lowest BCUT2D eigenvalue weighted by molar-refractivity contribution is -0.162. The third-order valence-electron chi connectivity index (χ3n) is 2.89. The fourth-order valence-electron chi connectivity index (χ4n) is 1.62. The molecule has 4 nitrogen and oxygen atoms in total. The van der Waals surface area contributed by atoms with Crippen LogP contribution in [0.25, 0.3) is 0 Å². The van der Waals surface area contributed by atoms with Gasteiger partial charge in [0.15, 0.2) is 0 Å². The maximum Gasteiger partial charge on any atom is 0.269 e. The number of aliphatic hydroxyl groups is 1. The van der Waals surface area contributed by atoms with E-state index in [-0.39, 0.29) is 12.0 Å². The van der Waals surface area contributed by atoms with Gasteiger partial charge in [0.05, 0.1) is 13.2 Å². The number of hydrogen-bond acceptors (Lipinski definition) is 3. The molecule has 0 radical (unpaired) electrons. The Morgan fingerprint density at radius 1 is 1.33 bits per heavy atom. The number of carbonyl (C=O) groups excluding carboxylic acids is 1. The molecule has 0 bridgehead atoms. The number of amides is 1. The van der Waals surface area contributed by atoms with E-state index in [1.165, 1.54) is 38.9 Å². The van der Waals surface area contributed by atoms with Crippen molar-refractivity contribution in [1.29, 1.82) is 0 Å². The van der Waals surface area contributed by atoms with Crippen LogP contribution < -0.4 is 0 Å². The van der Waals surface area contributed by atoms with Crippen molar-refractivity contribution in [3.63, 3.8) is 0 Å². The minimum atomic E-state index is -0.344. The molecule has 0 aliphatic carbocycles. The number of unbranched alkanes of at least 4 members (excludes halogenated alkanes) is 4. The van der Waals surface area contributed by atoms with Gasteiger partial charge >= 0.3 is 0 Å². The minimum Gasteiger partial charge on any atom is -0.393 e. The normalized spacial score (nSPS) is 12.9. The Morgan fingerprint density at radius 2 is 2.00 bits per heavy atom. The van der Waals surface area contributed by atoms with Crippen LogP contribution >= 0.6 is 0 Å². The van der Waals surface area contributed by atoms with E-state index in [0.717, 1.165) is 17.9 Å². The predicted molar refractivity (Wildman–Crippen MR) is 72.9 cm³/mol. The molecule has 0 aliphatic rings. The molecule has 0 rings (SSSR count).